The number of hydrogen-bond donors (Lipinski definition) is 2. The lowest BCUT2D eigenvalue weighted by atomic mass is 10.1. The van der Waals surface area contributed by atoms with Crippen molar-refractivity contribution in [3.05, 3.63) is 65.7 Å². The topological polar surface area (TPSA) is 68.9 Å². The second-order valence-electron chi connectivity index (χ2n) is 5.94. The van der Waals surface area contributed by atoms with Gasteiger partial charge in [-0.05, 0) is 36.6 Å². The maximum atomic E-state index is 5.87. The van der Waals surface area contributed by atoms with E-state index in [1.165, 1.54) is 5.56 Å². The molecule has 0 saturated heterocycles. The molecule has 26 heavy (non-hydrogen) atoms. The van der Waals surface area contributed by atoms with Crippen molar-refractivity contribution in [2.75, 3.05) is 20.3 Å². The minimum Gasteiger partial charge on any atom is -0.489 e. The summed E-state index contributed by atoms with van der Waals surface area (Å²) in [6, 6.07) is 18.4. The van der Waals surface area contributed by atoms with E-state index in [0.29, 0.717) is 25.7 Å². The summed E-state index contributed by atoms with van der Waals surface area (Å²) in [7, 11) is 1.67. The molecule has 0 fully saturated rings. The molecule has 2 aromatic rings. The number of rotatable bonds is 9. The molecule has 2 aromatic carbocycles. The van der Waals surface area contributed by atoms with Gasteiger partial charge in [-0.25, -0.2) is 0 Å². The molecule has 0 saturated carbocycles. The van der Waals surface area contributed by atoms with Crippen LogP contribution in [0.5, 0.6) is 5.75 Å². The third-order valence-electron chi connectivity index (χ3n) is 3.64. The van der Waals surface area contributed by atoms with Gasteiger partial charge in [0, 0.05) is 19.7 Å². The van der Waals surface area contributed by atoms with Crippen LogP contribution in [0.15, 0.2) is 59.6 Å². The maximum absolute atomic E-state index is 5.87. The Morgan fingerprint density at radius 2 is 1.85 bits per heavy atom. The van der Waals surface area contributed by atoms with Crippen LogP contribution in [0, 0.1) is 0 Å². The van der Waals surface area contributed by atoms with E-state index in [2.05, 4.69) is 34.6 Å². The van der Waals surface area contributed by atoms with Crippen LogP contribution in [0.4, 0.5) is 0 Å². The molecule has 0 aliphatic heterocycles. The average Bonchev–Trinajstić information content (AvgIpc) is 2.61. The van der Waals surface area contributed by atoms with Crippen LogP contribution < -0.4 is 15.8 Å². The van der Waals surface area contributed by atoms with Gasteiger partial charge < -0.3 is 20.5 Å². The van der Waals surface area contributed by atoms with Gasteiger partial charge in [0.05, 0.1) is 6.61 Å². The van der Waals surface area contributed by atoms with Crippen molar-refractivity contribution >= 4 is 29.9 Å². The largest absolute Gasteiger partial charge is 0.489 e. The molecule has 1 atom stereocenters. The second-order valence-corrected chi connectivity index (χ2v) is 5.94. The number of benzene rings is 2. The molecule has 0 heterocycles. The molecule has 0 amide bonds. The number of aliphatic imine (C=N–C) groups is 1. The molecule has 1 unspecified atom stereocenters. The molecule has 0 spiro atoms. The minimum absolute atomic E-state index is 0. The number of halogens is 1. The van der Waals surface area contributed by atoms with Crippen LogP contribution in [-0.4, -0.2) is 32.3 Å². The zero-order valence-electron chi connectivity index (χ0n) is 15.4. The molecule has 3 N–H and O–H groups in total. The standard InChI is InChI=1S/C20H27N3O2.HI/c1-16(14-24-2)23-20(21)22-12-11-17-9-6-10-19(13-17)25-15-18-7-4-3-5-8-18;/h3-10,13,16H,11-12,14-15H2,1-2H3,(H3,21,22,23);1H. The van der Waals surface area contributed by atoms with Crippen molar-refractivity contribution < 1.29 is 9.47 Å². The van der Waals surface area contributed by atoms with Crippen molar-refractivity contribution in [2.45, 2.75) is 26.0 Å². The molecular weight excluding hydrogens is 441 g/mol. The summed E-state index contributed by atoms with van der Waals surface area (Å²) in [5.41, 5.74) is 8.20. The second kappa shape index (κ2) is 12.5. The molecule has 142 valence electrons. The Labute approximate surface area is 173 Å². The number of ether oxygens (including phenoxy) is 2. The average molecular weight is 469 g/mol. The first-order chi connectivity index (χ1) is 12.2. The fraction of sp³-hybridized carbons (Fsp3) is 0.350. The van der Waals surface area contributed by atoms with E-state index in [0.717, 1.165) is 17.7 Å². The van der Waals surface area contributed by atoms with E-state index in [9.17, 15) is 0 Å². The van der Waals surface area contributed by atoms with Crippen molar-refractivity contribution in [3.8, 4) is 5.75 Å². The fourth-order valence-electron chi connectivity index (χ4n) is 2.43. The Bertz CT molecular complexity index is 665. The smallest absolute Gasteiger partial charge is 0.188 e. The van der Waals surface area contributed by atoms with Gasteiger partial charge in [-0.1, -0.05) is 42.5 Å². The van der Waals surface area contributed by atoms with Crippen LogP contribution in [0.1, 0.15) is 18.1 Å². The third-order valence-corrected chi connectivity index (χ3v) is 3.64. The number of nitrogens with one attached hydrogen (secondary N) is 1. The van der Waals surface area contributed by atoms with Crippen molar-refractivity contribution in [2.24, 2.45) is 10.7 Å². The van der Waals surface area contributed by atoms with E-state index < -0.39 is 0 Å². The summed E-state index contributed by atoms with van der Waals surface area (Å²) in [5, 5.41) is 3.09. The summed E-state index contributed by atoms with van der Waals surface area (Å²) in [6.07, 6.45) is 0.809. The zero-order chi connectivity index (χ0) is 17.9. The van der Waals surface area contributed by atoms with Crippen molar-refractivity contribution in [1.82, 2.24) is 5.32 Å². The van der Waals surface area contributed by atoms with Crippen LogP contribution in [-0.2, 0) is 17.8 Å². The Hall–Kier alpha value is -1.80. The first kappa shape index (κ1) is 22.2. The highest BCUT2D eigenvalue weighted by atomic mass is 127. The van der Waals surface area contributed by atoms with E-state index in [-0.39, 0.29) is 30.0 Å². The fourth-order valence-corrected chi connectivity index (χ4v) is 2.43. The molecule has 0 bridgehead atoms. The highest BCUT2D eigenvalue weighted by Gasteiger charge is 2.02. The van der Waals surface area contributed by atoms with Crippen molar-refractivity contribution in [3.63, 3.8) is 0 Å². The molecule has 0 aromatic heterocycles. The number of guanidine groups is 1. The van der Waals surface area contributed by atoms with Gasteiger partial charge in [0.1, 0.15) is 12.4 Å². The van der Waals surface area contributed by atoms with Crippen LogP contribution >= 0.6 is 24.0 Å². The SMILES string of the molecule is COCC(C)NC(N)=NCCc1cccc(OCc2ccccc2)c1.I. The number of methoxy groups -OCH3 is 1. The maximum Gasteiger partial charge on any atom is 0.188 e. The minimum atomic E-state index is 0. The third kappa shape index (κ3) is 8.53. The Morgan fingerprint density at radius 3 is 2.58 bits per heavy atom. The monoisotopic (exact) mass is 469 g/mol. The summed E-state index contributed by atoms with van der Waals surface area (Å²) in [5.74, 6) is 1.31. The number of nitrogens with zero attached hydrogens (tertiary/aromatic N) is 1. The molecule has 0 radical (unpaired) electrons. The van der Waals surface area contributed by atoms with Gasteiger partial charge in [-0.2, -0.15) is 0 Å². The molecular formula is C20H28IN3O2. The quantitative estimate of drug-likeness (QED) is 0.336. The summed E-state index contributed by atoms with van der Waals surface area (Å²) >= 11 is 0. The number of hydrogen-bond acceptors (Lipinski definition) is 3. The van der Waals surface area contributed by atoms with Gasteiger partial charge in [0.15, 0.2) is 5.96 Å². The number of nitrogens with two attached hydrogens (primary N) is 1. The molecule has 0 aliphatic carbocycles. The van der Waals surface area contributed by atoms with Gasteiger partial charge >= 0.3 is 0 Å². The van der Waals surface area contributed by atoms with Crippen LogP contribution in [0.2, 0.25) is 0 Å². The predicted molar refractivity (Wildman–Crippen MR) is 117 cm³/mol. The highest BCUT2D eigenvalue weighted by molar-refractivity contribution is 14.0. The predicted octanol–water partition coefficient (Wildman–Crippen LogP) is 3.37. The Kier molecular flexibility index (Phi) is 10.7. The molecule has 5 nitrogen and oxygen atoms in total. The van der Waals surface area contributed by atoms with E-state index in [4.69, 9.17) is 15.2 Å². The van der Waals surface area contributed by atoms with E-state index in [1.54, 1.807) is 7.11 Å². The normalized spacial score (nSPS) is 12.2. The van der Waals surface area contributed by atoms with Crippen molar-refractivity contribution in [1.29, 1.82) is 0 Å². The first-order valence-electron chi connectivity index (χ1n) is 8.48. The van der Waals surface area contributed by atoms with Gasteiger partial charge in [-0.15, -0.1) is 24.0 Å². The lowest BCUT2D eigenvalue weighted by Gasteiger charge is -2.13. The van der Waals surface area contributed by atoms with Crippen LogP contribution in [0.3, 0.4) is 0 Å². The lowest BCUT2D eigenvalue weighted by Crippen LogP contribution is -2.40. The van der Waals surface area contributed by atoms with Crippen LogP contribution in [0.25, 0.3) is 0 Å². The molecule has 6 heteroatoms. The van der Waals surface area contributed by atoms with E-state index in [1.807, 2.05) is 37.3 Å². The Morgan fingerprint density at radius 1 is 1.12 bits per heavy atom. The summed E-state index contributed by atoms with van der Waals surface area (Å²) in [4.78, 5) is 4.35. The Balaban J connectivity index is 0.00000338. The summed E-state index contributed by atoms with van der Waals surface area (Å²) < 4.78 is 10.9. The van der Waals surface area contributed by atoms with E-state index >= 15 is 0 Å². The lowest BCUT2D eigenvalue weighted by molar-refractivity contribution is 0.179. The van der Waals surface area contributed by atoms with Gasteiger partial charge in [-0.3, -0.25) is 4.99 Å². The molecule has 0 aliphatic rings. The zero-order valence-corrected chi connectivity index (χ0v) is 17.7. The highest BCUT2D eigenvalue weighted by Crippen LogP contribution is 2.15. The molecule has 2 rings (SSSR count). The van der Waals surface area contributed by atoms with Gasteiger partial charge in [0.2, 0.25) is 0 Å². The summed E-state index contributed by atoms with van der Waals surface area (Å²) in [6.45, 7) is 3.79. The first-order valence-corrected chi connectivity index (χ1v) is 8.48. The van der Waals surface area contributed by atoms with Gasteiger partial charge in [0.25, 0.3) is 0 Å².